The van der Waals surface area contributed by atoms with E-state index in [-0.39, 0.29) is 6.54 Å². The fraction of sp³-hybridized carbons (Fsp3) is 0.167. The van der Waals surface area contributed by atoms with Crippen molar-refractivity contribution in [2.75, 3.05) is 7.11 Å². The predicted octanol–water partition coefficient (Wildman–Crippen LogP) is 2.30. The number of aliphatic carboxylic acids is 1. The minimum absolute atomic E-state index is 0.178. The van der Waals surface area contributed by atoms with Gasteiger partial charge in [0.25, 0.3) is 0 Å². The van der Waals surface area contributed by atoms with Crippen LogP contribution in [0.25, 0.3) is 11.1 Å². The molecule has 2 aromatic rings. The van der Waals surface area contributed by atoms with Gasteiger partial charge in [-0.25, -0.2) is 0 Å². The highest BCUT2D eigenvalue weighted by atomic mass is 35.5. The van der Waals surface area contributed by atoms with Crippen LogP contribution in [-0.2, 0) is 11.3 Å². The third-order valence-corrected chi connectivity index (χ3v) is 2.64. The normalized spacial score (nSPS) is 10.3. The zero-order valence-corrected chi connectivity index (χ0v) is 10.4. The van der Waals surface area contributed by atoms with Gasteiger partial charge in [-0.05, 0) is 18.2 Å². The molecule has 0 radical (unpaired) electrons. The molecule has 0 amide bonds. The number of aromatic nitrogens is 2. The fourth-order valence-corrected chi connectivity index (χ4v) is 1.81. The molecule has 94 valence electrons. The summed E-state index contributed by atoms with van der Waals surface area (Å²) in [5, 5.41) is 13.2. The second-order valence-corrected chi connectivity index (χ2v) is 4.10. The molecule has 1 aromatic carbocycles. The van der Waals surface area contributed by atoms with Gasteiger partial charge in [0.05, 0.1) is 13.3 Å². The molecule has 18 heavy (non-hydrogen) atoms. The van der Waals surface area contributed by atoms with Crippen molar-refractivity contribution in [3.8, 4) is 16.9 Å². The molecule has 1 N–H and O–H groups in total. The fourth-order valence-electron chi connectivity index (χ4n) is 1.63. The number of nitrogens with zero attached hydrogens (tertiary/aromatic N) is 2. The summed E-state index contributed by atoms with van der Waals surface area (Å²) in [5.74, 6) is -0.281. The van der Waals surface area contributed by atoms with Crippen LogP contribution in [0.4, 0.5) is 0 Å². The highest BCUT2D eigenvalue weighted by molar-refractivity contribution is 6.31. The van der Waals surface area contributed by atoms with Gasteiger partial charge in [0.15, 0.2) is 0 Å². The maximum Gasteiger partial charge on any atom is 0.325 e. The Morgan fingerprint density at radius 2 is 2.33 bits per heavy atom. The van der Waals surface area contributed by atoms with Gasteiger partial charge in [0.2, 0.25) is 0 Å². The Morgan fingerprint density at radius 1 is 1.56 bits per heavy atom. The van der Waals surface area contributed by atoms with Crippen LogP contribution in [0.3, 0.4) is 0 Å². The van der Waals surface area contributed by atoms with Crippen LogP contribution < -0.4 is 4.74 Å². The van der Waals surface area contributed by atoms with Crippen LogP contribution in [0.1, 0.15) is 0 Å². The van der Waals surface area contributed by atoms with E-state index in [2.05, 4.69) is 5.10 Å². The van der Waals surface area contributed by atoms with E-state index < -0.39 is 5.97 Å². The van der Waals surface area contributed by atoms with Gasteiger partial charge in [0.1, 0.15) is 12.3 Å². The third-order valence-electron chi connectivity index (χ3n) is 2.40. The number of halogens is 1. The van der Waals surface area contributed by atoms with Crippen molar-refractivity contribution in [2.24, 2.45) is 0 Å². The molecule has 0 saturated heterocycles. The van der Waals surface area contributed by atoms with Crippen LogP contribution in [0.5, 0.6) is 5.75 Å². The Labute approximate surface area is 109 Å². The van der Waals surface area contributed by atoms with E-state index >= 15 is 0 Å². The lowest BCUT2D eigenvalue weighted by molar-refractivity contribution is -0.137. The largest absolute Gasteiger partial charge is 0.496 e. The predicted molar refractivity (Wildman–Crippen MR) is 66.9 cm³/mol. The summed E-state index contributed by atoms with van der Waals surface area (Å²) in [6.45, 7) is -0.178. The van der Waals surface area contributed by atoms with Crippen LogP contribution >= 0.6 is 11.6 Å². The summed E-state index contributed by atoms with van der Waals surface area (Å²) in [6, 6.07) is 5.24. The zero-order chi connectivity index (χ0) is 13.1. The monoisotopic (exact) mass is 266 g/mol. The molecule has 0 unspecified atom stereocenters. The van der Waals surface area contributed by atoms with E-state index in [1.165, 1.54) is 4.68 Å². The summed E-state index contributed by atoms with van der Waals surface area (Å²) >= 11 is 5.94. The average molecular weight is 267 g/mol. The number of benzene rings is 1. The van der Waals surface area contributed by atoms with E-state index in [9.17, 15) is 4.79 Å². The lowest BCUT2D eigenvalue weighted by Crippen LogP contribution is -2.08. The van der Waals surface area contributed by atoms with Crippen molar-refractivity contribution >= 4 is 17.6 Å². The maximum atomic E-state index is 10.6. The Hall–Kier alpha value is -2.01. The third kappa shape index (κ3) is 2.62. The smallest absolute Gasteiger partial charge is 0.325 e. The summed E-state index contributed by atoms with van der Waals surface area (Å²) in [4.78, 5) is 10.6. The lowest BCUT2D eigenvalue weighted by atomic mass is 10.1. The van der Waals surface area contributed by atoms with E-state index in [1.54, 1.807) is 37.7 Å². The van der Waals surface area contributed by atoms with E-state index in [0.717, 1.165) is 11.1 Å². The Bertz CT molecular complexity index is 580. The molecule has 0 aliphatic carbocycles. The molecule has 0 atom stereocenters. The van der Waals surface area contributed by atoms with Gasteiger partial charge in [-0.15, -0.1) is 0 Å². The Balaban J connectivity index is 2.38. The maximum absolute atomic E-state index is 10.6. The van der Waals surface area contributed by atoms with Crippen LogP contribution in [0, 0.1) is 0 Å². The standard InChI is InChI=1S/C12H11ClN2O3/c1-18-11-3-2-9(13)4-10(11)8-5-14-15(6-8)7-12(16)17/h2-6H,7H2,1H3,(H,16,17). The Morgan fingerprint density at radius 3 is 3.00 bits per heavy atom. The molecule has 6 heteroatoms. The first-order valence-electron chi connectivity index (χ1n) is 5.18. The van der Waals surface area contributed by atoms with Gasteiger partial charge >= 0.3 is 5.97 Å². The van der Waals surface area contributed by atoms with Crippen LogP contribution in [0.15, 0.2) is 30.6 Å². The second-order valence-electron chi connectivity index (χ2n) is 3.66. The summed E-state index contributed by atoms with van der Waals surface area (Å²) < 4.78 is 6.58. The molecule has 0 bridgehead atoms. The quantitative estimate of drug-likeness (QED) is 0.922. The number of carbonyl (C=O) groups is 1. The van der Waals surface area contributed by atoms with E-state index in [0.29, 0.717) is 10.8 Å². The molecular weight excluding hydrogens is 256 g/mol. The van der Waals surface area contributed by atoms with Gasteiger partial charge in [-0.3, -0.25) is 9.48 Å². The zero-order valence-electron chi connectivity index (χ0n) is 9.63. The summed E-state index contributed by atoms with van der Waals surface area (Å²) in [5.41, 5.74) is 1.54. The van der Waals surface area contributed by atoms with Crippen molar-refractivity contribution < 1.29 is 14.6 Å². The summed E-state index contributed by atoms with van der Waals surface area (Å²) in [7, 11) is 1.56. The van der Waals surface area contributed by atoms with E-state index in [1.807, 2.05) is 0 Å². The summed E-state index contributed by atoms with van der Waals surface area (Å²) in [6.07, 6.45) is 3.22. The van der Waals surface area contributed by atoms with Crippen LogP contribution in [-0.4, -0.2) is 28.0 Å². The first-order chi connectivity index (χ1) is 8.60. The topological polar surface area (TPSA) is 64.4 Å². The van der Waals surface area contributed by atoms with E-state index in [4.69, 9.17) is 21.4 Å². The number of hydrogen-bond donors (Lipinski definition) is 1. The van der Waals surface area contributed by atoms with Gasteiger partial charge in [-0.2, -0.15) is 5.10 Å². The number of methoxy groups -OCH3 is 1. The molecule has 1 heterocycles. The van der Waals surface area contributed by atoms with Gasteiger partial charge in [0, 0.05) is 22.3 Å². The van der Waals surface area contributed by atoms with Gasteiger partial charge in [-0.1, -0.05) is 11.6 Å². The molecule has 5 nitrogen and oxygen atoms in total. The highest BCUT2D eigenvalue weighted by Crippen LogP contribution is 2.32. The van der Waals surface area contributed by atoms with Gasteiger partial charge < -0.3 is 9.84 Å². The lowest BCUT2D eigenvalue weighted by Gasteiger charge is -2.06. The molecule has 0 spiro atoms. The first kappa shape index (κ1) is 12.4. The highest BCUT2D eigenvalue weighted by Gasteiger charge is 2.10. The first-order valence-corrected chi connectivity index (χ1v) is 5.56. The van der Waals surface area contributed by atoms with Crippen molar-refractivity contribution in [3.05, 3.63) is 35.6 Å². The minimum atomic E-state index is -0.942. The Kier molecular flexibility index (Phi) is 3.53. The molecule has 0 aliphatic heterocycles. The van der Waals surface area contributed by atoms with Crippen molar-refractivity contribution in [3.63, 3.8) is 0 Å². The number of rotatable bonds is 4. The minimum Gasteiger partial charge on any atom is -0.496 e. The van der Waals surface area contributed by atoms with Crippen molar-refractivity contribution in [1.82, 2.24) is 9.78 Å². The molecule has 0 saturated carbocycles. The molecule has 1 aromatic heterocycles. The number of carboxylic acids is 1. The van der Waals surface area contributed by atoms with Crippen LogP contribution in [0.2, 0.25) is 5.02 Å². The SMILES string of the molecule is COc1ccc(Cl)cc1-c1cnn(CC(=O)O)c1. The molecule has 0 aliphatic rings. The molecular formula is C12H11ClN2O3. The number of ether oxygens (including phenoxy) is 1. The molecule has 2 rings (SSSR count). The second kappa shape index (κ2) is 5.10. The van der Waals surface area contributed by atoms with Crippen molar-refractivity contribution in [1.29, 1.82) is 0 Å². The van der Waals surface area contributed by atoms with Crippen molar-refractivity contribution in [2.45, 2.75) is 6.54 Å². The molecule has 0 fully saturated rings. The number of hydrogen-bond acceptors (Lipinski definition) is 3. The number of carboxylic acid groups (broad SMARTS) is 1. The average Bonchev–Trinajstić information content (AvgIpc) is 2.76.